The third-order valence-electron chi connectivity index (χ3n) is 6.43. The Morgan fingerprint density at radius 2 is 1.82 bits per heavy atom. The Bertz CT molecular complexity index is 1670. The molecule has 2 heterocycles. The number of nitrogens with one attached hydrogen (secondary N) is 1. The summed E-state index contributed by atoms with van der Waals surface area (Å²) in [6.07, 6.45) is 2.52. The Morgan fingerprint density at radius 3 is 2.41 bits per heavy atom. The minimum atomic E-state index is -3.44. The highest BCUT2D eigenvalue weighted by Crippen LogP contribution is 2.57. The van der Waals surface area contributed by atoms with Crippen LogP contribution in [0, 0.1) is 11.6 Å². The van der Waals surface area contributed by atoms with E-state index in [4.69, 9.17) is 27.7 Å². The molecule has 1 amide bonds. The second-order valence-corrected chi connectivity index (χ2v) is 12.1. The maximum absolute atomic E-state index is 14.2. The first-order chi connectivity index (χ1) is 18.5. The first kappa shape index (κ1) is 27.2. The van der Waals surface area contributed by atoms with Crippen LogP contribution < -0.4 is 5.32 Å². The third kappa shape index (κ3) is 5.39. The first-order valence-electron chi connectivity index (χ1n) is 11.8. The Hall–Kier alpha value is -3.41. The first-order valence-corrected chi connectivity index (χ1v) is 14.2. The van der Waals surface area contributed by atoms with Crippen LogP contribution in [0.25, 0.3) is 11.5 Å². The lowest BCUT2D eigenvalue weighted by molar-refractivity contribution is -0.115. The van der Waals surface area contributed by atoms with Crippen molar-refractivity contribution in [2.24, 2.45) is 0 Å². The normalized spacial score (nSPS) is 14.3. The van der Waals surface area contributed by atoms with Crippen molar-refractivity contribution in [3.63, 3.8) is 0 Å². The van der Waals surface area contributed by atoms with E-state index < -0.39 is 26.9 Å². The number of carbonyl (C=O) groups is 1. The van der Waals surface area contributed by atoms with Crippen molar-refractivity contribution in [3.8, 4) is 11.5 Å². The predicted molar refractivity (Wildman–Crippen MR) is 140 cm³/mol. The van der Waals surface area contributed by atoms with E-state index in [0.29, 0.717) is 29.7 Å². The highest BCUT2D eigenvalue weighted by molar-refractivity contribution is 7.91. The van der Waals surface area contributed by atoms with Gasteiger partial charge in [-0.2, -0.15) is 4.98 Å². The van der Waals surface area contributed by atoms with Crippen molar-refractivity contribution in [2.45, 2.75) is 36.6 Å². The van der Waals surface area contributed by atoms with Gasteiger partial charge in [-0.25, -0.2) is 22.2 Å². The second-order valence-electron chi connectivity index (χ2n) is 9.08. The SMILES string of the molecule is CCS(=O)(=O)c1ccc(CC(=O)Nc2cc(Cl)c(C3(c4noc(-c5ccc(F)cc5F)n4)CC3)c(Cl)c2)cn1. The number of amides is 1. The van der Waals surface area contributed by atoms with E-state index in [9.17, 15) is 22.0 Å². The molecule has 0 unspecified atom stereocenters. The van der Waals surface area contributed by atoms with Crippen molar-refractivity contribution in [1.82, 2.24) is 15.1 Å². The van der Waals surface area contributed by atoms with Crippen LogP contribution in [0.15, 0.2) is 58.2 Å². The van der Waals surface area contributed by atoms with Crippen LogP contribution >= 0.6 is 23.2 Å². The highest BCUT2D eigenvalue weighted by atomic mass is 35.5. The smallest absolute Gasteiger partial charge is 0.260 e. The second kappa shape index (κ2) is 10.3. The summed E-state index contributed by atoms with van der Waals surface area (Å²) in [4.78, 5) is 20.9. The van der Waals surface area contributed by atoms with Crippen molar-refractivity contribution < 1.29 is 26.5 Å². The van der Waals surface area contributed by atoms with Crippen molar-refractivity contribution in [2.75, 3.05) is 11.1 Å². The van der Waals surface area contributed by atoms with Crippen molar-refractivity contribution in [3.05, 3.63) is 87.3 Å². The average molecular weight is 593 g/mol. The van der Waals surface area contributed by atoms with Gasteiger partial charge in [-0.15, -0.1) is 0 Å². The maximum atomic E-state index is 14.2. The van der Waals surface area contributed by atoms with Crippen LogP contribution in [0.3, 0.4) is 0 Å². The van der Waals surface area contributed by atoms with E-state index in [1.165, 1.54) is 31.3 Å². The van der Waals surface area contributed by atoms with Gasteiger partial charge in [-0.3, -0.25) is 4.79 Å². The predicted octanol–water partition coefficient (Wildman–Crippen LogP) is 5.77. The molecule has 2 aromatic carbocycles. The molecular formula is C26H20Cl2F2N4O4S. The van der Waals surface area contributed by atoms with Crippen molar-refractivity contribution in [1.29, 1.82) is 0 Å². The monoisotopic (exact) mass is 592 g/mol. The Balaban J connectivity index is 1.33. The lowest BCUT2D eigenvalue weighted by Crippen LogP contribution is -2.16. The minimum absolute atomic E-state index is 0.0296. The van der Waals surface area contributed by atoms with Gasteiger partial charge in [0, 0.05) is 33.6 Å². The lowest BCUT2D eigenvalue weighted by Gasteiger charge is -2.17. The van der Waals surface area contributed by atoms with Gasteiger partial charge < -0.3 is 9.84 Å². The van der Waals surface area contributed by atoms with Gasteiger partial charge in [0.15, 0.2) is 20.7 Å². The van der Waals surface area contributed by atoms with Gasteiger partial charge in [0.25, 0.3) is 5.89 Å². The summed E-state index contributed by atoms with van der Waals surface area (Å²) in [5.74, 6) is -1.84. The van der Waals surface area contributed by atoms with Crippen LogP contribution in [0.1, 0.15) is 36.7 Å². The van der Waals surface area contributed by atoms with E-state index in [1.807, 2.05) is 0 Å². The van der Waals surface area contributed by atoms with Gasteiger partial charge in [-0.1, -0.05) is 41.3 Å². The zero-order valence-electron chi connectivity index (χ0n) is 20.3. The van der Waals surface area contributed by atoms with Crippen LogP contribution in [0.2, 0.25) is 10.0 Å². The average Bonchev–Trinajstić information content (AvgIpc) is 3.51. The zero-order valence-corrected chi connectivity index (χ0v) is 22.7. The summed E-state index contributed by atoms with van der Waals surface area (Å²) < 4.78 is 56.6. The molecule has 1 aliphatic carbocycles. The fourth-order valence-electron chi connectivity index (χ4n) is 4.24. The number of halogens is 4. The summed E-state index contributed by atoms with van der Waals surface area (Å²) in [6, 6.07) is 9.05. The quantitative estimate of drug-likeness (QED) is 0.276. The maximum Gasteiger partial charge on any atom is 0.260 e. The number of carbonyl (C=O) groups excluding carboxylic acids is 1. The minimum Gasteiger partial charge on any atom is -0.334 e. The molecule has 1 N–H and O–H groups in total. The molecular weight excluding hydrogens is 573 g/mol. The number of pyridine rings is 1. The molecule has 0 spiro atoms. The molecule has 202 valence electrons. The van der Waals surface area contributed by atoms with E-state index >= 15 is 0 Å². The number of hydrogen-bond donors (Lipinski definition) is 1. The summed E-state index contributed by atoms with van der Waals surface area (Å²) in [5.41, 5.74) is 0.653. The molecule has 0 radical (unpaired) electrons. The molecule has 2 aromatic heterocycles. The molecule has 39 heavy (non-hydrogen) atoms. The molecule has 0 atom stereocenters. The number of anilines is 1. The summed E-state index contributed by atoms with van der Waals surface area (Å²) >= 11 is 13.2. The number of benzene rings is 2. The molecule has 8 nitrogen and oxygen atoms in total. The summed E-state index contributed by atoms with van der Waals surface area (Å²) in [7, 11) is -3.44. The van der Waals surface area contributed by atoms with Crippen LogP contribution in [-0.2, 0) is 26.5 Å². The standard InChI is InChI=1S/C26H20Cl2F2N4O4S/c1-2-39(36,37)22-6-3-14(13-31-22)9-21(35)32-16-11-18(27)23(19(28)12-16)26(7-8-26)25-33-24(38-34-25)17-5-4-15(29)10-20(17)30/h3-6,10-13H,2,7-9H2,1H3,(H,32,35). The van der Waals surface area contributed by atoms with E-state index in [0.717, 1.165) is 12.1 Å². The number of rotatable bonds is 8. The zero-order chi connectivity index (χ0) is 27.9. The Labute approximate surface area is 232 Å². The van der Waals surface area contributed by atoms with Gasteiger partial charge >= 0.3 is 0 Å². The van der Waals surface area contributed by atoms with Gasteiger partial charge in [0.1, 0.15) is 11.6 Å². The summed E-state index contributed by atoms with van der Waals surface area (Å²) in [6.45, 7) is 1.53. The van der Waals surface area contributed by atoms with E-state index in [2.05, 4.69) is 20.4 Å². The van der Waals surface area contributed by atoms with Gasteiger partial charge in [-0.05, 0) is 48.7 Å². The topological polar surface area (TPSA) is 115 Å². The van der Waals surface area contributed by atoms with Gasteiger partial charge in [0.2, 0.25) is 5.91 Å². The molecule has 1 aliphatic rings. The van der Waals surface area contributed by atoms with E-state index in [1.54, 1.807) is 12.1 Å². The third-order valence-corrected chi connectivity index (χ3v) is 8.67. The van der Waals surface area contributed by atoms with Gasteiger partial charge in [0.05, 0.1) is 23.2 Å². The van der Waals surface area contributed by atoms with Crippen molar-refractivity contribution >= 4 is 44.6 Å². The molecule has 5 rings (SSSR count). The molecule has 1 fully saturated rings. The fraction of sp³-hybridized carbons (Fsp3) is 0.231. The molecule has 0 saturated heterocycles. The Kier molecular flexibility index (Phi) is 7.17. The van der Waals surface area contributed by atoms with Crippen LogP contribution in [-0.4, -0.2) is 35.2 Å². The number of aromatic nitrogens is 3. The molecule has 4 aromatic rings. The molecule has 0 bridgehead atoms. The highest BCUT2D eigenvalue weighted by Gasteiger charge is 2.52. The molecule has 0 aliphatic heterocycles. The van der Waals surface area contributed by atoms with E-state index in [-0.39, 0.29) is 50.4 Å². The number of sulfone groups is 1. The molecule has 1 saturated carbocycles. The van der Waals surface area contributed by atoms with Crippen LogP contribution in [0.5, 0.6) is 0 Å². The number of hydrogen-bond acceptors (Lipinski definition) is 7. The number of nitrogens with zero attached hydrogens (tertiary/aromatic N) is 3. The fourth-order valence-corrected chi connectivity index (χ4v) is 5.87. The molecule has 13 heteroatoms. The summed E-state index contributed by atoms with van der Waals surface area (Å²) in [5, 5.41) is 7.23. The lowest BCUT2D eigenvalue weighted by atomic mass is 9.94. The largest absolute Gasteiger partial charge is 0.334 e. The van der Waals surface area contributed by atoms with Crippen LogP contribution in [0.4, 0.5) is 14.5 Å². The Morgan fingerprint density at radius 1 is 1.10 bits per heavy atom.